The van der Waals surface area contributed by atoms with E-state index in [1.807, 2.05) is 0 Å². The Bertz CT molecular complexity index is 90.1. The topological polar surface area (TPSA) is 54.4 Å². The van der Waals surface area contributed by atoms with E-state index in [0.717, 1.165) is 0 Å². The molecule has 5 heteroatoms. The van der Waals surface area contributed by atoms with Crippen molar-refractivity contribution in [2.45, 2.75) is 0 Å². The van der Waals surface area contributed by atoms with Crippen LogP contribution in [0.3, 0.4) is 0 Å². The molecule has 0 saturated heterocycles. The molecular weight excluding hydrogens is 239 g/mol. The van der Waals surface area contributed by atoms with Gasteiger partial charge in [0.05, 0.1) is 0 Å². The number of hydrogen-bond acceptors (Lipinski definition) is 2. The van der Waals surface area contributed by atoms with Crippen LogP contribution in [0.15, 0.2) is 0 Å². The van der Waals surface area contributed by atoms with Crippen LogP contribution in [0.2, 0.25) is 0 Å². The summed E-state index contributed by atoms with van der Waals surface area (Å²) in [6, 6.07) is 0. The maximum absolute atomic E-state index is 9.19. The van der Waals surface area contributed by atoms with E-state index >= 15 is 0 Å². The normalized spacial score (nSPS) is 11.8. The monoisotopic (exact) mass is 240 g/mol. The molecule has 0 aliphatic carbocycles. The van der Waals surface area contributed by atoms with Crippen LogP contribution in [0.1, 0.15) is 0 Å². The molecule has 0 aromatic carbocycles. The van der Waals surface area contributed by atoms with Gasteiger partial charge in [-0.25, -0.2) is 0 Å². The maximum atomic E-state index is 9.19. The van der Waals surface area contributed by atoms with Gasteiger partial charge in [-0.15, -0.1) is 0 Å². The molecule has 0 aliphatic heterocycles. The van der Waals surface area contributed by atoms with E-state index < -0.39 is 4.48 Å². The molecule has 0 amide bonds. The van der Waals surface area contributed by atoms with Gasteiger partial charge in [0.25, 0.3) is 0 Å². The van der Waals surface area contributed by atoms with Gasteiger partial charge in [0, 0.05) is 0 Å². The third-order valence-corrected chi connectivity index (χ3v) is 0. The number of hydrogen-bond donors (Lipinski definition) is 1. The predicted molar refractivity (Wildman–Crippen MR) is 11.5 cm³/mol. The van der Waals surface area contributed by atoms with Gasteiger partial charge in [-0.1, -0.05) is 0 Å². The Morgan fingerprint density at radius 2 is 1.60 bits per heavy atom. The summed E-state index contributed by atoms with van der Waals surface area (Å²) in [5, 5.41) is 0. The zero-order valence-electron chi connectivity index (χ0n) is 2.01. The van der Waals surface area contributed by atoms with Crippen molar-refractivity contribution in [2.75, 3.05) is 0 Å². The first-order valence-electron chi connectivity index (χ1n) is 0.652. The van der Waals surface area contributed by atoms with Crippen molar-refractivity contribution >= 4 is 4.48 Å². The Balaban J connectivity index is 4.06. The fourth-order valence-electron chi connectivity index (χ4n) is 0. The van der Waals surface area contributed by atoms with Crippen molar-refractivity contribution in [3.63, 3.8) is 0 Å². The second-order valence-electron chi connectivity index (χ2n) is 0.389. The molecule has 1 N–H and O–H groups in total. The zero-order chi connectivity index (χ0) is 4.50. The minimum absolute atomic E-state index is 0.715. The van der Waals surface area contributed by atoms with Crippen molar-refractivity contribution in [1.29, 1.82) is 0 Å². The van der Waals surface area contributed by atoms with Crippen LogP contribution in [0.5, 0.6) is 0 Å². The molecule has 0 heterocycles. The van der Waals surface area contributed by atoms with Gasteiger partial charge in [-0.3, -0.25) is 0 Å². The second-order valence-corrected chi connectivity index (χ2v) is 4.48. The molecule has 0 aromatic rings. The van der Waals surface area contributed by atoms with Crippen LogP contribution in [-0.2, 0) is 4.48 Å². The Kier molecular flexibility index (Phi) is 2.19. The van der Waals surface area contributed by atoms with Crippen LogP contribution in [0.4, 0.5) is 0 Å². The molecule has 0 aromatic heterocycles. The standard InChI is InChI=1S/HO3S.Tb/c1-4(2)3;/h(H,1,2,3);. The van der Waals surface area contributed by atoms with Gasteiger partial charge in [-0.2, -0.15) is 0 Å². The molecule has 34 valence electrons. The molecule has 0 atom stereocenters. The van der Waals surface area contributed by atoms with Crippen molar-refractivity contribution in [3.05, 3.63) is 0 Å². The number of rotatable bonds is 0. The van der Waals surface area contributed by atoms with Crippen molar-refractivity contribution in [2.24, 2.45) is 0 Å². The van der Waals surface area contributed by atoms with Crippen LogP contribution in [-0.4, -0.2) is 13.0 Å². The van der Waals surface area contributed by atoms with Gasteiger partial charge >= 0.3 is 52.2 Å². The molecule has 0 spiro atoms. The van der Waals surface area contributed by atoms with E-state index in [0.29, 0.717) is 34.8 Å². The fourth-order valence-corrected chi connectivity index (χ4v) is 0. The zero-order valence-corrected chi connectivity index (χ0v) is 4.96. The Labute approximate surface area is 51.6 Å². The van der Waals surface area contributed by atoms with Crippen LogP contribution < -0.4 is 0 Å². The summed E-state index contributed by atoms with van der Waals surface area (Å²) in [6.45, 7) is 0. The molecule has 0 bridgehead atoms. The van der Waals surface area contributed by atoms with Crippen molar-refractivity contribution in [1.82, 2.24) is 0 Å². The first-order chi connectivity index (χ1) is 2.00. The Hall–Kier alpha value is 1.20. The van der Waals surface area contributed by atoms with E-state index in [1.54, 1.807) is 0 Å². The molecule has 3 nitrogen and oxygen atoms in total. The molecule has 0 aliphatic rings. The van der Waals surface area contributed by atoms with E-state index in [9.17, 15) is 8.42 Å². The van der Waals surface area contributed by atoms with Crippen molar-refractivity contribution in [3.8, 4) is 0 Å². The van der Waals surface area contributed by atoms with Gasteiger partial charge in [-0.05, 0) is 0 Å². The van der Waals surface area contributed by atoms with Gasteiger partial charge in [0.15, 0.2) is 0 Å². The average Bonchev–Trinajstić information content (AvgIpc) is 0.722. The van der Waals surface area contributed by atoms with E-state index in [1.165, 1.54) is 0 Å². The average molecular weight is 240 g/mol. The molecule has 0 saturated carbocycles. The van der Waals surface area contributed by atoms with Crippen LogP contribution in [0, 0.1) is 34.8 Å². The third-order valence-electron chi connectivity index (χ3n) is 0. The summed E-state index contributed by atoms with van der Waals surface area (Å²) in [7, 11) is 0. The summed E-state index contributed by atoms with van der Waals surface area (Å²) in [5.41, 5.74) is 0. The second kappa shape index (κ2) is 1.77. The van der Waals surface area contributed by atoms with E-state index in [2.05, 4.69) is 0 Å². The van der Waals surface area contributed by atoms with Crippen molar-refractivity contribution < 1.29 is 47.7 Å². The predicted octanol–water partition coefficient (Wildman–Crippen LogP) is -0.661. The Morgan fingerprint density at radius 1 is 1.60 bits per heavy atom. The molecule has 0 rings (SSSR count). The summed E-state index contributed by atoms with van der Waals surface area (Å²) < 4.78 is 22.2. The summed E-state index contributed by atoms with van der Waals surface area (Å²) in [6.07, 6.45) is 0. The summed E-state index contributed by atoms with van der Waals surface area (Å²) in [5.74, 6) is 0. The van der Waals surface area contributed by atoms with Gasteiger partial charge < -0.3 is 0 Å². The van der Waals surface area contributed by atoms with E-state index in [-0.39, 0.29) is 0 Å². The fraction of sp³-hybridized carbons (Fsp3) is 0. The SMILES string of the molecule is O=[S](=O)(O)[Tb]. The third kappa shape index (κ3) is 37.1. The molecule has 5 heavy (non-hydrogen) atoms. The summed E-state index contributed by atoms with van der Waals surface area (Å²) >= 11 is 0.715. The minimum atomic E-state index is -3.67. The van der Waals surface area contributed by atoms with Gasteiger partial charge in [0.1, 0.15) is 0 Å². The Morgan fingerprint density at radius 3 is 1.60 bits per heavy atom. The quantitative estimate of drug-likeness (QED) is 0.572. The molecule has 0 unspecified atom stereocenters. The molecule has 0 radical (unpaired) electrons. The molecule has 0 fully saturated rings. The van der Waals surface area contributed by atoms with Crippen LogP contribution >= 0.6 is 0 Å². The summed E-state index contributed by atoms with van der Waals surface area (Å²) in [4.78, 5) is 0. The van der Waals surface area contributed by atoms with Crippen LogP contribution in [0.25, 0.3) is 0 Å². The van der Waals surface area contributed by atoms with Gasteiger partial charge in [0.2, 0.25) is 0 Å². The molecular formula is HO3STb. The first kappa shape index (κ1) is 6.20. The first-order valence-corrected chi connectivity index (χ1v) is 4.58. The van der Waals surface area contributed by atoms with E-state index in [4.69, 9.17) is 4.55 Å².